The Hall–Kier alpha value is -2.03. The molecule has 0 fully saturated rings. The Morgan fingerprint density at radius 1 is 1.47 bits per heavy atom. The lowest BCUT2D eigenvalue weighted by Gasteiger charge is -1.98. The first-order chi connectivity index (χ1) is 8.13. The second kappa shape index (κ2) is 4.45. The van der Waals surface area contributed by atoms with Gasteiger partial charge in [-0.3, -0.25) is 4.79 Å². The summed E-state index contributed by atoms with van der Waals surface area (Å²) in [4.78, 5) is 11.8. The van der Waals surface area contributed by atoms with Crippen molar-refractivity contribution in [3.8, 4) is 0 Å². The van der Waals surface area contributed by atoms with Crippen molar-refractivity contribution in [2.75, 3.05) is 6.54 Å². The van der Waals surface area contributed by atoms with E-state index in [-0.39, 0.29) is 5.91 Å². The van der Waals surface area contributed by atoms with Gasteiger partial charge in [0.05, 0.1) is 0 Å². The van der Waals surface area contributed by atoms with Gasteiger partial charge < -0.3 is 9.73 Å². The Bertz CT molecular complexity index is 581. The van der Waals surface area contributed by atoms with Crippen molar-refractivity contribution in [1.29, 1.82) is 0 Å². The fourth-order valence-corrected chi connectivity index (χ4v) is 1.80. The molecular formula is C14H15NO2. The average molecular weight is 229 g/mol. The number of carbonyl (C=O) groups is 1. The molecule has 0 aliphatic rings. The number of fused-ring (bicyclic) bond motifs is 1. The van der Waals surface area contributed by atoms with Gasteiger partial charge in [-0.05, 0) is 26.0 Å². The molecule has 2 rings (SSSR count). The summed E-state index contributed by atoms with van der Waals surface area (Å²) in [5.41, 5.74) is 2.78. The summed E-state index contributed by atoms with van der Waals surface area (Å²) in [6.45, 7) is 7.91. The molecule has 0 aliphatic heterocycles. The number of rotatable bonds is 3. The SMILES string of the molecule is C=CCNC(=O)c1oc2ccc(C)cc2c1C. The van der Waals surface area contributed by atoms with Crippen LogP contribution in [0.2, 0.25) is 0 Å². The maximum absolute atomic E-state index is 11.8. The zero-order valence-corrected chi connectivity index (χ0v) is 10.0. The minimum Gasteiger partial charge on any atom is -0.451 e. The molecule has 0 saturated heterocycles. The molecular weight excluding hydrogens is 214 g/mol. The quantitative estimate of drug-likeness (QED) is 0.822. The minimum absolute atomic E-state index is 0.198. The van der Waals surface area contributed by atoms with Gasteiger partial charge in [0, 0.05) is 17.5 Å². The molecule has 3 heteroatoms. The molecule has 1 heterocycles. The number of furan rings is 1. The Morgan fingerprint density at radius 2 is 2.24 bits per heavy atom. The van der Waals surface area contributed by atoms with Gasteiger partial charge in [0.1, 0.15) is 5.58 Å². The van der Waals surface area contributed by atoms with Gasteiger partial charge >= 0.3 is 0 Å². The van der Waals surface area contributed by atoms with Gasteiger partial charge in [-0.2, -0.15) is 0 Å². The van der Waals surface area contributed by atoms with Crippen LogP contribution in [0.5, 0.6) is 0 Å². The molecule has 0 unspecified atom stereocenters. The van der Waals surface area contributed by atoms with Crippen LogP contribution in [0.25, 0.3) is 11.0 Å². The summed E-state index contributed by atoms with van der Waals surface area (Å²) in [6, 6.07) is 5.89. The van der Waals surface area contributed by atoms with Crippen molar-refractivity contribution >= 4 is 16.9 Å². The maximum Gasteiger partial charge on any atom is 0.287 e. The average Bonchev–Trinajstić information content (AvgIpc) is 2.64. The van der Waals surface area contributed by atoms with E-state index in [1.165, 1.54) is 0 Å². The monoisotopic (exact) mass is 229 g/mol. The van der Waals surface area contributed by atoms with Gasteiger partial charge in [-0.15, -0.1) is 6.58 Å². The molecule has 2 aromatic rings. The van der Waals surface area contributed by atoms with Crippen molar-refractivity contribution in [3.05, 3.63) is 47.7 Å². The number of aryl methyl sites for hydroxylation is 2. The summed E-state index contributed by atoms with van der Waals surface area (Å²) in [5, 5.41) is 3.71. The van der Waals surface area contributed by atoms with Crippen molar-refractivity contribution < 1.29 is 9.21 Å². The summed E-state index contributed by atoms with van der Waals surface area (Å²) < 4.78 is 5.57. The predicted octanol–water partition coefficient (Wildman–Crippen LogP) is 2.97. The Kier molecular flexibility index (Phi) is 3.00. The number of hydrogen-bond acceptors (Lipinski definition) is 2. The topological polar surface area (TPSA) is 42.2 Å². The molecule has 0 bridgehead atoms. The van der Waals surface area contributed by atoms with E-state index >= 15 is 0 Å². The molecule has 0 spiro atoms. The van der Waals surface area contributed by atoms with Crippen LogP contribution in [0.1, 0.15) is 21.7 Å². The summed E-state index contributed by atoms with van der Waals surface area (Å²) in [6.07, 6.45) is 1.64. The Morgan fingerprint density at radius 3 is 2.94 bits per heavy atom. The normalized spacial score (nSPS) is 10.5. The zero-order valence-electron chi connectivity index (χ0n) is 10.0. The van der Waals surface area contributed by atoms with E-state index in [1.807, 2.05) is 32.0 Å². The fourth-order valence-electron chi connectivity index (χ4n) is 1.80. The van der Waals surface area contributed by atoms with Crippen LogP contribution in [-0.2, 0) is 0 Å². The van der Waals surface area contributed by atoms with E-state index in [1.54, 1.807) is 6.08 Å². The lowest BCUT2D eigenvalue weighted by molar-refractivity contribution is 0.0932. The molecule has 0 aliphatic carbocycles. The first kappa shape index (κ1) is 11.5. The summed E-state index contributed by atoms with van der Waals surface area (Å²) >= 11 is 0. The number of amides is 1. The third-order valence-corrected chi connectivity index (χ3v) is 2.70. The van der Waals surface area contributed by atoms with Crippen LogP contribution in [-0.4, -0.2) is 12.5 Å². The van der Waals surface area contributed by atoms with Crippen molar-refractivity contribution in [2.45, 2.75) is 13.8 Å². The molecule has 3 nitrogen and oxygen atoms in total. The number of carbonyl (C=O) groups excluding carboxylic acids is 1. The first-order valence-electron chi connectivity index (χ1n) is 5.52. The van der Waals surface area contributed by atoms with Gasteiger partial charge in [-0.1, -0.05) is 17.7 Å². The maximum atomic E-state index is 11.8. The van der Waals surface area contributed by atoms with E-state index in [4.69, 9.17) is 4.42 Å². The van der Waals surface area contributed by atoms with Crippen LogP contribution >= 0.6 is 0 Å². The second-order valence-corrected chi connectivity index (χ2v) is 4.05. The van der Waals surface area contributed by atoms with Gasteiger partial charge in [0.2, 0.25) is 0 Å². The molecule has 17 heavy (non-hydrogen) atoms. The molecule has 1 amide bonds. The predicted molar refractivity (Wildman–Crippen MR) is 68.2 cm³/mol. The van der Waals surface area contributed by atoms with E-state index in [0.717, 1.165) is 22.1 Å². The number of benzene rings is 1. The van der Waals surface area contributed by atoms with Gasteiger partial charge in [0.15, 0.2) is 5.76 Å². The van der Waals surface area contributed by atoms with E-state index in [2.05, 4.69) is 11.9 Å². The Balaban J connectivity index is 2.45. The second-order valence-electron chi connectivity index (χ2n) is 4.05. The third kappa shape index (κ3) is 2.09. The third-order valence-electron chi connectivity index (χ3n) is 2.70. The molecule has 0 radical (unpaired) electrons. The standard InChI is InChI=1S/C14H15NO2/c1-4-7-15-14(16)13-10(3)11-8-9(2)5-6-12(11)17-13/h4-6,8H,1,7H2,2-3H3,(H,15,16). The molecule has 1 N–H and O–H groups in total. The first-order valence-corrected chi connectivity index (χ1v) is 5.52. The number of hydrogen-bond donors (Lipinski definition) is 1. The van der Waals surface area contributed by atoms with E-state index in [0.29, 0.717) is 12.3 Å². The van der Waals surface area contributed by atoms with E-state index in [9.17, 15) is 4.79 Å². The van der Waals surface area contributed by atoms with Crippen LogP contribution in [0.15, 0.2) is 35.3 Å². The van der Waals surface area contributed by atoms with Crippen LogP contribution in [0, 0.1) is 13.8 Å². The largest absolute Gasteiger partial charge is 0.451 e. The molecule has 88 valence electrons. The highest BCUT2D eigenvalue weighted by Crippen LogP contribution is 2.25. The van der Waals surface area contributed by atoms with E-state index < -0.39 is 0 Å². The van der Waals surface area contributed by atoms with Crippen molar-refractivity contribution in [2.24, 2.45) is 0 Å². The zero-order chi connectivity index (χ0) is 12.4. The molecule has 0 saturated carbocycles. The number of nitrogens with one attached hydrogen (secondary N) is 1. The van der Waals surface area contributed by atoms with Crippen molar-refractivity contribution in [1.82, 2.24) is 5.32 Å². The smallest absolute Gasteiger partial charge is 0.287 e. The fraction of sp³-hybridized carbons (Fsp3) is 0.214. The van der Waals surface area contributed by atoms with Gasteiger partial charge in [-0.25, -0.2) is 0 Å². The van der Waals surface area contributed by atoms with Crippen LogP contribution in [0.3, 0.4) is 0 Å². The minimum atomic E-state index is -0.198. The highest BCUT2D eigenvalue weighted by Gasteiger charge is 2.16. The highest BCUT2D eigenvalue weighted by atomic mass is 16.3. The molecule has 1 aromatic heterocycles. The molecule has 0 atom stereocenters. The van der Waals surface area contributed by atoms with Crippen molar-refractivity contribution in [3.63, 3.8) is 0 Å². The Labute approximate surface area is 100 Å². The lowest BCUT2D eigenvalue weighted by atomic mass is 10.1. The molecule has 1 aromatic carbocycles. The highest BCUT2D eigenvalue weighted by molar-refractivity contribution is 5.99. The summed E-state index contributed by atoms with van der Waals surface area (Å²) in [5.74, 6) is 0.184. The van der Waals surface area contributed by atoms with Gasteiger partial charge in [0.25, 0.3) is 5.91 Å². The van der Waals surface area contributed by atoms with Crippen LogP contribution < -0.4 is 5.32 Å². The summed E-state index contributed by atoms with van der Waals surface area (Å²) in [7, 11) is 0. The van der Waals surface area contributed by atoms with Crippen LogP contribution in [0.4, 0.5) is 0 Å². The lowest BCUT2D eigenvalue weighted by Crippen LogP contribution is -2.23.